The van der Waals surface area contributed by atoms with Crippen LogP contribution in [0, 0.1) is 0 Å². The zero-order chi connectivity index (χ0) is 20.9. The van der Waals surface area contributed by atoms with Gasteiger partial charge in [0.05, 0.1) is 12.2 Å². The highest BCUT2D eigenvalue weighted by molar-refractivity contribution is 6.04. The summed E-state index contributed by atoms with van der Waals surface area (Å²) in [5, 5.41) is 6.24. The van der Waals surface area contributed by atoms with E-state index in [1.54, 1.807) is 0 Å². The third-order valence-electron chi connectivity index (χ3n) is 5.77. The number of pyridine rings is 1. The normalized spacial score (nSPS) is 16.4. The Balaban J connectivity index is 1.54. The van der Waals surface area contributed by atoms with Gasteiger partial charge in [-0.3, -0.25) is 9.69 Å². The second-order valence-corrected chi connectivity index (χ2v) is 8.27. The van der Waals surface area contributed by atoms with Crippen LogP contribution >= 0.6 is 0 Å². The Hall–Kier alpha value is -2.80. The summed E-state index contributed by atoms with van der Waals surface area (Å²) in [5.74, 6) is 1.05. The number of nitrogens with two attached hydrogens (primary N) is 1. The summed E-state index contributed by atoms with van der Waals surface area (Å²) < 4.78 is 0. The number of aromatic nitrogens is 1. The molecule has 1 aromatic carbocycles. The van der Waals surface area contributed by atoms with Crippen molar-refractivity contribution in [2.24, 2.45) is 0 Å². The number of carbonyl (C=O) groups excluding carboxylic acids is 1. The zero-order valence-corrected chi connectivity index (χ0v) is 17.8. The van der Waals surface area contributed by atoms with E-state index in [2.05, 4.69) is 56.6 Å². The summed E-state index contributed by atoms with van der Waals surface area (Å²) in [6.07, 6.45) is 4.78. The number of hydrogen-bond acceptors (Lipinski definition) is 6. The number of nitrogens with one attached hydrogen (secondary N) is 2. The van der Waals surface area contributed by atoms with Crippen molar-refractivity contribution in [3.63, 3.8) is 0 Å². The monoisotopic (exact) mass is 408 g/mol. The van der Waals surface area contributed by atoms with Gasteiger partial charge in [0, 0.05) is 25.7 Å². The number of hydrogen-bond donors (Lipinski definition) is 3. The van der Waals surface area contributed by atoms with Gasteiger partial charge in [-0.1, -0.05) is 37.6 Å². The average molecular weight is 409 g/mol. The highest BCUT2D eigenvalue weighted by Crippen LogP contribution is 2.36. The Morgan fingerprint density at radius 1 is 1.17 bits per heavy atom. The van der Waals surface area contributed by atoms with E-state index >= 15 is 0 Å². The van der Waals surface area contributed by atoms with E-state index in [1.807, 2.05) is 6.07 Å². The third-order valence-corrected chi connectivity index (χ3v) is 5.77. The fourth-order valence-corrected chi connectivity index (χ4v) is 4.24. The minimum absolute atomic E-state index is 0.0593. The Bertz CT molecular complexity index is 893. The molecule has 0 radical (unpaired) electrons. The Morgan fingerprint density at radius 3 is 2.70 bits per heavy atom. The van der Waals surface area contributed by atoms with Gasteiger partial charge in [-0.2, -0.15) is 0 Å². The van der Waals surface area contributed by atoms with Crippen LogP contribution in [0.2, 0.25) is 0 Å². The molecule has 0 spiro atoms. The second-order valence-electron chi connectivity index (χ2n) is 8.27. The fourth-order valence-electron chi connectivity index (χ4n) is 4.24. The van der Waals surface area contributed by atoms with Crippen LogP contribution < -0.4 is 21.3 Å². The predicted octanol–water partition coefficient (Wildman–Crippen LogP) is 3.43. The number of anilines is 4. The second kappa shape index (κ2) is 9.34. The van der Waals surface area contributed by atoms with E-state index in [4.69, 9.17) is 5.73 Å². The molecule has 0 unspecified atom stereocenters. The molecule has 160 valence electrons. The molecular formula is C23H32N6O. The lowest BCUT2D eigenvalue weighted by Gasteiger charge is -2.32. The molecule has 1 fully saturated rings. The highest BCUT2D eigenvalue weighted by Gasteiger charge is 2.25. The van der Waals surface area contributed by atoms with Gasteiger partial charge in [-0.05, 0) is 43.5 Å². The van der Waals surface area contributed by atoms with Crippen molar-refractivity contribution in [3.8, 4) is 0 Å². The third kappa shape index (κ3) is 4.84. The maximum atomic E-state index is 12.3. The molecule has 0 aliphatic carbocycles. The lowest BCUT2D eigenvalue weighted by atomic mass is 10.1. The van der Waals surface area contributed by atoms with Crippen LogP contribution in [0.1, 0.15) is 43.7 Å². The fraction of sp³-hybridized carbons (Fsp3) is 0.478. The van der Waals surface area contributed by atoms with Crippen molar-refractivity contribution in [1.82, 2.24) is 9.88 Å². The van der Waals surface area contributed by atoms with Crippen LogP contribution in [0.3, 0.4) is 0 Å². The number of likely N-dealkylation sites (tertiary alicyclic amines) is 1. The first-order valence-corrected chi connectivity index (χ1v) is 11.0. The number of amides is 1. The molecule has 4 rings (SSSR count). The molecule has 2 aromatic rings. The lowest BCUT2D eigenvalue weighted by molar-refractivity contribution is -0.115. The molecule has 7 heteroatoms. The van der Waals surface area contributed by atoms with Crippen LogP contribution in [0.5, 0.6) is 0 Å². The molecule has 4 N–H and O–H groups in total. The molecule has 1 saturated heterocycles. The summed E-state index contributed by atoms with van der Waals surface area (Å²) in [6.45, 7) is 7.34. The van der Waals surface area contributed by atoms with Crippen molar-refractivity contribution in [1.29, 1.82) is 0 Å². The predicted molar refractivity (Wildman–Crippen MR) is 123 cm³/mol. The molecule has 2 aliphatic heterocycles. The minimum atomic E-state index is -0.0593. The van der Waals surface area contributed by atoms with Crippen LogP contribution in [0.25, 0.3) is 0 Å². The largest absolute Gasteiger partial charge is 0.382 e. The lowest BCUT2D eigenvalue weighted by Crippen LogP contribution is -2.38. The number of benzene rings is 1. The van der Waals surface area contributed by atoms with Crippen LogP contribution in [0.4, 0.5) is 23.0 Å². The summed E-state index contributed by atoms with van der Waals surface area (Å²) in [7, 11) is 0. The van der Waals surface area contributed by atoms with Gasteiger partial charge >= 0.3 is 0 Å². The summed E-state index contributed by atoms with van der Waals surface area (Å²) in [4.78, 5) is 21.3. The first kappa shape index (κ1) is 20.5. The first-order valence-electron chi connectivity index (χ1n) is 11.0. The number of fused-ring (bicyclic) bond motifs is 1. The number of carbonyl (C=O) groups is 1. The molecule has 2 aliphatic rings. The molecule has 0 bridgehead atoms. The average Bonchev–Trinajstić information content (AvgIpc) is 3.22. The van der Waals surface area contributed by atoms with Crippen molar-refractivity contribution in [3.05, 3.63) is 41.5 Å². The topological polar surface area (TPSA) is 86.5 Å². The van der Waals surface area contributed by atoms with Gasteiger partial charge < -0.3 is 21.3 Å². The van der Waals surface area contributed by atoms with Gasteiger partial charge in [0.2, 0.25) is 5.91 Å². The van der Waals surface area contributed by atoms with Crippen molar-refractivity contribution < 1.29 is 4.79 Å². The maximum absolute atomic E-state index is 12.3. The number of unbranched alkanes of at least 4 members (excludes halogenated alkanes) is 1. The van der Waals surface area contributed by atoms with E-state index < -0.39 is 0 Å². The Labute approximate surface area is 178 Å². The maximum Gasteiger partial charge on any atom is 0.244 e. The SMILES string of the molecule is CCCCNc1cc2c(c(N)n1)NC(=O)CN2Cc1cccc(CN2CCCC2)c1. The standard InChI is InChI=1S/C23H32N6O/c1-2-3-9-25-20-13-19-22(23(24)26-20)27-21(30)16-29(19)15-18-8-6-7-17(12-18)14-28-10-4-5-11-28/h6-8,12-13H,2-5,9-11,14-16H2,1H3,(H,27,30)(H3,24,25,26). The molecule has 0 saturated carbocycles. The van der Waals surface area contributed by atoms with Crippen molar-refractivity contribution >= 4 is 28.9 Å². The molecule has 1 amide bonds. The number of nitrogen functional groups attached to an aromatic ring is 1. The molecule has 7 nitrogen and oxygen atoms in total. The summed E-state index contributed by atoms with van der Waals surface area (Å²) >= 11 is 0. The number of rotatable bonds is 8. The molecule has 30 heavy (non-hydrogen) atoms. The first-order chi connectivity index (χ1) is 14.6. The van der Waals surface area contributed by atoms with E-state index in [0.717, 1.165) is 37.4 Å². The van der Waals surface area contributed by atoms with E-state index in [9.17, 15) is 4.79 Å². The van der Waals surface area contributed by atoms with Crippen LogP contribution in [-0.4, -0.2) is 42.0 Å². The molecule has 3 heterocycles. The molecule has 1 aromatic heterocycles. The van der Waals surface area contributed by atoms with Crippen LogP contribution in [-0.2, 0) is 17.9 Å². The summed E-state index contributed by atoms with van der Waals surface area (Å²) in [5.41, 5.74) is 10.2. The van der Waals surface area contributed by atoms with Crippen LogP contribution in [0.15, 0.2) is 30.3 Å². The van der Waals surface area contributed by atoms with Gasteiger partial charge in [0.15, 0.2) is 5.82 Å². The molecular weight excluding hydrogens is 376 g/mol. The summed E-state index contributed by atoms with van der Waals surface area (Å²) in [6, 6.07) is 10.7. The minimum Gasteiger partial charge on any atom is -0.382 e. The van der Waals surface area contributed by atoms with Gasteiger partial charge in [-0.15, -0.1) is 0 Å². The number of nitrogens with zero attached hydrogens (tertiary/aromatic N) is 3. The smallest absolute Gasteiger partial charge is 0.244 e. The zero-order valence-electron chi connectivity index (χ0n) is 17.8. The van der Waals surface area contributed by atoms with E-state index in [0.29, 0.717) is 24.6 Å². The molecule has 0 atom stereocenters. The van der Waals surface area contributed by atoms with E-state index in [1.165, 1.54) is 37.1 Å². The van der Waals surface area contributed by atoms with Crippen molar-refractivity contribution in [2.75, 3.05) is 47.4 Å². The highest BCUT2D eigenvalue weighted by atomic mass is 16.2. The van der Waals surface area contributed by atoms with Gasteiger partial charge in [0.1, 0.15) is 11.5 Å². The van der Waals surface area contributed by atoms with Gasteiger partial charge in [-0.25, -0.2) is 4.98 Å². The van der Waals surface area contributed by atoms with Gasteiger partial charge in [0.25, 0.3) is 0 Å². The van der Waals surface area contributed by atoms with Crippen molar-refractivity contribution in [2.45, 2.75) is 45.7 Å². The Morgan fingerprint density at radius 2 is 1.93 bits per heavy atom. The quantitative estimate of drug-likeness (QED) is 0.580. The van der Waals surface area contributed by atoms with E-state index in [-0.39, 0.29) is 5.91 Å². The Kier molecular flexibility index (Phi) is 6.38.